The van der Waals surface area contributed by atoms with E-state index in [1.807, 2.05) is 19.9 Å². The first-order chi connectivity index (χ1) is 12.2. The molecule has 1 aliphatic carbocycles. The minimum atomic E-state index is -0.262. The van der Waals surface area contributed by atoms with Crippen molar-refractivity contribution in [1.29, 1.82) is 0 Å². The van der Waals surface area contributed by atoms with Crippen LogP contribution in [0.3, 0.4) is 0 Å². The Morgan fingerprint density at radius 3 is 2.80 bits per heavy atom. The standard InChI is InChI=1S/C19H26FN5/c1-3-21-19(24-16-6-4-5-7-16)23-13-15-8-9-18(17(20)12-15)25-11-10-22-14(25)2/h8-12,16H,3-7,13H2,1-2H3,(H2,21,23,24). The van der Waals surface area contributed by atoms with Crippen LogP contribution in [0.25, 0.3) is 5.69 Å². The van der Waals surface area contributed by atoms with Gasteiger partial charge in [0.05, 0.1) is 12.2 Å². The second-order valence-corrected chi connectivity index (χ2v) is 6.45. The monoisotopic (exact) mass is 343 g/mol. The van der Waals surface area contributed by atoms with Gasteiger partial charge in [0, 0.05) is 25.0 Å². The second-order valence-electron chi connectivity index (χ2n) is 6.45. The lowest BCUT2D eigenvalue weighted by molar-refractivity contribution is 0.610. The highest BCUT2D eigenvalue weighted by molar-refractivity contribution is 5.80. The Kier molecular flexibility index (Phi) is 5.68. The number of aryl methyl sites for hydroxylation is 1. The molecule has 1 heterocycles. The van der Waals surface area contributed by atoms with Gasteiger partial charge in [-0.05, 0) is 44.4 Å². The first-order valence-electron chi connectivity index (χ1n) is 9.01. The molecular weight excluding hydrogens is 317 g/mol. The van der Waals surface area contributed by atoms with Crippen molar-refractivity contribution < 1.29 is 4.39 Å². The second kappa shape index (κ2) is 8.14. The van der Waals surface area contributed by atoms with E-state index in [0.717, 1.165) is 23.9 Å². The van der Waals surface area contributed by atoms with Gasteiger partial charge in [0.15, 0.2) is 5.96 Å². The van der Waals surface area contributed by atoms with Gasteiger partial charge in [0.25, 0.3) is 0 Å². The number of rotatable bonds is 5. The predicted molar refractivity (Wildman–Crippen MR) is 98.5 cm³/mol. The number of nitrogens with zero attached hydrogens (tertiary/aromatic N) is 3. The van der Waals surface area contributed by atoms with Gasteiger partial charge >= 0.3 is 0 Å². The SMILES string of the molecule is CCNC(=NCc1ccc(-n2ccnc2C)c(F)c1)NC1CCCC1. The van der Waals surface area contributed by atoms with Crippen molar-refractivity contribution in [2.75, 3.05) is 6.54 Å². The number of aliphatic imine (C=N–C) groups is 1. The van der Waals surface area contributed by atoms with Crippen LogP contribution in [0.15, 0.2) is 35.6 Å². The topological polar surface area (TPSA) is 54.2 Å². The van der Waals surface area contributed by atoms with Crippen molar-refractivity contribution in [3.05, 3.63) is 47.8 Å². The number of benzene rings is 1. The molecule has 0 spiro atoms. The lowest BCUT2D eigenvalue weighted by Gasteiger charge is -2.16. The van der Waals surface area contributed by atoms with Gasteiger partial charge < -0.3 is 15.2 Å². The molecule has 5 nitrogen and oxygen atoms in total. The van der Waals surface area contributed by atoms with Crippen molar-refractivity contribution in [3.8, 4) is 5.69 Å². The van der Waals surface area contributed by atoms with E-state index in [4.69, 9.17) is 0 Å². The summed E-state index contributed by atoms with van der Waals surface area (Å²) in [4.78, 5) is 8.75. The summed E-state index contributed by atoms with van der Waals surface area (Å²) >= 11 is 0. The first-order valence-corrected chi connectivity index (χ1v) is 9.01. The number of hydrogen-bond donors (Lipinski definition) is 2. The summed E-state index contributed by atoms with van der Waals surface area (Å²) in [7, 11) is 0. The third-order valence-corrected chi connectivity index (χ3v) is 4.56. The number of aromatic nitrogens is 2. The van der Waals surface area contributed by atoms with Gasteiger partial charge in [-0.25, -0.2) is 14.4 Å². The molecular formula is C19H26FN5. The van der Waals surface area contributed by atoms with E-state index >= 15 is 0 Å². The molecule has 0 saturated heterocycles. The summed E-state index contributed by atoms with van der Waals surface area (Å²) in [6.07, 6.45) is 8.37. The number of hydrogen-bond acceptors (Lipinski definition) is 2. The normalized spacial score (nSPS) is 15.6. The molecule has 1 fully saturated rings. The minimum Gasteiger partial charge on any atom is -0.357 e. The average molecular weight is 343 g/mol. The molecule has 0 atom stereocenters. The Labute approximate surface area is 148 Å². The summed E-state index contributed by atoms with van der Waals surface area (Å²) < 4.78 is 16.2. The molecule has 0 unspecified atom stereocenters. The smallest absolute Gasteiger partial charge is 0.191 e. The molecule has 0 bridgehead atoms. The van der Waals surface area contributed by atoms with E-state index in [2.05, 4.69) is 20.6 Å². The highest BCUT2D eigenvalue weighted by Crippen LogP contribution is 2.18. The third kappa shape index (κ3) is 4.38. The maximum absolute atomic E-state index is 14.5. The van der Waals surface area contributed by atoms with Crippen molar-refractivity contribution in [2.45, 2.75) is 52.1 Å². The molecule has 1 aromatic heterocycles. The maximum Gasteiger partial charge on any atom is 0.191 e. The summed E-state index contributed by atoms with van der Waals surface area (Å²) in [5.41, 5.74) is 1.36. The van der Waals surface area contributed by atoms with Crippen LogP contribution in [-0.4, -0.2) is 28.1 Å². The highest BCUT2D eigenvalue weighted by Gasteiger charge is 2.15. The van der Waals surface area contributed by atoms with Crippen molar-refractivity contribution in [1.82, 2.24) is 20.2 Å². The van der Waals surface area contributed by atoms with Crippen molar-refractivity contribution in [3.63, 3.8) is 0 Å². The van der Waals surface area contributed by atoms with Crippen LogP contribution >= 0.6 is 0 Å². The average Bonchev–Trinajstić information content (AvgIpc) is 3.25. The van der Waals surface area contributed by atoms with Crippen molar-refractivity contribution in [2.24, 2.45) is 4.99 Å². The van der Waals surface area contributed by atoms with Crippen LogP contribution in [0.2, 0.25) is 0 Å². The van der Waals surface area contributed by atoms with E-state index in [-0.39, 0.29) is 5.82 Å². The van der Waals surface area contributed by atoms with Gasteiger partial charge in [-0.3, -0.25) is 0 Å². The number of nitrogens with one attached hydrogen (secondary N) is 2. The lowest BCUT2D eigenvalue weighted by Crippen LogP contribution is -2.42. The zero-order valence-corrected chi connectivity index (χ0v) is 14.9. The molecule has 1 aliphatic rings. The summed E-state index contributed by atoms with van der Waals surface area (Å²) in [6, 6.07) is 5.76. The molecule has 2 aromatic rings. The number of halogens is 1. The van der Waals surface area contributed by atoms with Crippen LogP contribution in [0.5, 0.6) is 0 Å². The van der Waals surface area contributed by atoms with Gasteiger partial charge in [0.1, 0.15) is 11.6 Å². The van der Waals surface area contributed by atoms with Crippen LogP contribution in [0.1, 0.15) is 44.0 Å². The largest absolute Gasteiger partial charge is 0.357 e. The Morgan fingerprint density at radius 1 is 1.36 bits per heavy atom. The molecule has 134 valence electrons. The lowest BCUT2D eigenvalue weighted by atomic mass is 10.2. The quantitative estimate of drug-likeness (QED) is 0.647. The first kappa shape index (κ1) is 17.5. The molecule has 1 aromatic carbocycles. The van der Waals surface area contributed by atoms with E-state index in [9.17, 15) is 4.39 Å². The summed E-state index contributed by atoms with van der Waals surface area (Å²) in [5, 5.41) is 6.74. The molecule has 0 aliphatic heterocycles. The fourth-order valence-electron chi connectivity index (χ4n) is 3.23. The van der Waals surface area contributed by atoms with Gasteiger partial charge in [-0.15, -0.1) is 0 Å². The van der Waals surface area contributed by atoms with Gasteiger partial charge in [-0.1, -0.05) is 18.9 Å². The fourth-order valence-corrected chi connectivity index (χ4v) is 3.23. The minimum absolute atomic E-state index is 0.262. The van der Waals surface area contributed by atoms with Crippen LogP contribution in [0, 0.1) is 12.7 Å². The molecule has 0 radical (unpaired) electrons. The molecule has 1 saturated carbocycles. The predicted octanol–water partition coefficient (Wildman–Crippen LogP) is 3.32. The third-order valence-electron chi connectivity index (χ3n) is 4.56. The number of guanidine groups is 1. The Bertz CT molecular complexity index is 731. The van der Waals surface area contributed by atoms with Crippen LogP contribution in [0.4, 0.5) is 4.39 Å². The maximum atomic E-state index is 14.5. The Balaban J connectivity index is 1.70. The van der Waals surface area contributed by atoms with E-state index in [1.165, 1.54) is 25.7 Å². The van der Waals surface area contributed by atoms with E-state index in [0.29, 0.717) is 18.3 Å². The molecule has 6 heteroatoms. The number of imidazole rings is 1. The van der Waals surface area contributed by atoms with Crippen LogP contribution < -0.4 is 10.6 Å². The molecule has 0 amide bonds. The fraction of sp³-hybridized carbons (Fsp3) is 0.474. The van der Waals surface area contributed by atoms with E-state index in [1.54, 1.807) is 29.1 Å². The van der Waals surface area contributed by atoms with Crippen molar-refractivity contribution >= 4 is 5.96 Å². The van der Waals surface area contributed by atoms with Crippen LogP contribution in [-0.2, 0) is 6.54 Å². The Hall–Kier alpha value is -2.37. The zero-order chi connectivity index (χ0) is 17.6. The highest BCUT2D eigenvalue weighted by atomic mass is 19.1. The molecule has 25 heavy (non-hydrogen) atoms. The zero-order valence-electron chi connectivity index (χ0n) is 14.9. The summed E-state index contributed by atoms with van der Waals surface area (Å²) in [6.45, 7) is 5.16. The summed E-state index contributed by atoms with van der Waals surface area (Å²) in [5.74, 6) is 1.31. The Morgan fingerprint density at radius 2 is 2.16 bits per heavy atom. The van der Waals surface area contributed by atoms with E-state index < -0.39 is 0 Å². The van der Waals surface area contributed by atoms with Gasteiger partial charge in [-0.2, -0.15) is 0 Å². The molecule has 3 rings (SSSR count). The molecule has 2 N–H and O–H groups in total. The van der Waals surface area contributed by atoms with Gasteiger partial charge in [0.2, 0.25) is 0 Å².